The Morgan fingerprint density at radius 2 is 2.12 bits per heavy atom. The molecule has 0 radical (unpaired) electrons. The van der Waals surface area contributed by atoms with E-state index >= 15 is 0 Å². The zero-order valence-corrected chi connectivity index (χ0v) is 10.9. The third-order valence-electron chi connectivity index (χ3n) is 4.48. The van der Waals surface area contributed by atoms with Gasteiger partial charge in [0.1, 0.15) is 0 Å². The maximum Gasteiger partial charge on any atom is 0.0726 e. The molecule has 16 heavy (non-hydrogen) atoms. The Labute approximate surface area is 99.3 Å². The number of nitrogens with one attached hydrogen (secondary N) is 2. The minimum atomic E-state index is 0.169. The van der Waals surface area contributed by atoms with E-state index in [4.69, 9.17) is 4.74 Å². The number of hydrogen-bond donors (Lipinski definition) is 2. The highest BCUT2D eigenvalue weighted by atomic mass is 16.5. The minimum Gasteiger partial charge on any atom is -0.377 e. The van der Waals surface area contributed by atoms with E-state index < -0.39 is 0 Å². The Bertz CT molecular complexity index is 238. The van der Waals surface area contributed by atoms with Crippen molar-refractivity contribution in [2.24, 2.45) is 0 Å². The number of piperidine rings is 1. The first-order valence-corrected chi connectivity index (χ1v) is 6.66. The lowest BCUT2D eigenvalue weighted by molar-refractivity contribution is 0.0843. The van der Waals surface area contributed by atoms with Crippen molar-refractivity contribution in [1.82, 2.24) is 10.6 Å². The monoisotopic (exact) mass is 226 g/mol. The summed E-state index contributed by atoms with van der Waals surface area (Å²) in [6.45, 7) is 9.92. The summed E-state index contributed by atoms with van der Waals surface area (Å²) in [5, 5.41) is 7.38. The van der Waals surface area contributed by atoms with Crippen LogP contribution in [-0.2, 0) is 4.74 Å². The quantitative estimate of drug-likeness (QED) is 0.768. The molecule has 3 nitrogen and oxygen atoms in total. The second-order valence-electron chi connectivity index (χ2n) is 5.98. The zero-order valence-electron chi connectivity index (χ0n) is 10.9. The molecule has 2 aliphatic rings. The van der Waals surface area contributed by atoms with Crippen LogP contribution in [0.1, 0.15) is 46.5 Å². The molecule has 2 saturated heterocycles. The Morgan fingerprint density at radius 1 is 1.31 bits per heavy atom. The molecule has 2 rings (SSSR count). The van der Waals surface area contributed by atoms with Gasteiger partial charge in [-0.25, -0.2) is 0 Å². The average Bonchev–Trinajstić information content (AvgIpc) is 2.59. The van der Waals surface area contributed by atoms with Gasteiger partial charge in [0.25, 0.3) is 0 Å². The van der Waals surface area contributed by atoms with Crippen LogP contribution in [0.4, 0.5) is 0 Å². The molecule has 0 spiro atoms. The summed E-state index contributed by atoms with van der Waals surface area (Å²) in [5.41, 5.74) is 0.450. The molecule has 3 atom stereocenters. The molecule has 0 aromatic rings. The lowest BCUT2D eigenvalue weighted by Gasteiger charge is -2.39. The maximum atomic E-state index is 5.66. The van der Waals surface area contributed by atoms with Crippen LogP contribution < -0.4 is 10.6 Å². The van der Waals surface area contributed by atoms with Gasteiger partial charge >= 0.3 is 0 Å². The predicted octanol–water partition coefficient (Wildman–Crippen LogP) is 1.68. The molecular weight excluding hydrogens is 200 g/mol. The standard InChI is InChI=1S/C13H26N2O/c1-11-13(3,7-9-16-11)15-10-12(2)6-4-5-8-14-12/h11,14-15H,4-10H2,1-3H3. The number of hydrogen-bond acceptors (Lipinski definition) is 3. The van der Waals surface area contributed by atoms with Crippen LogP contribution in [0.25, 0.3) is 0 Å². The number of ether oxygens (including phenoxy) is 1. The van der Waals surface area contributed by atoms with E-state index in [9.17, 15) is 0 Å². The second kappa shape index (κ2) is 4.63. The Balaban J connectivity index is 1.86. The lowest BCUT2D eigenvalue weighted by Crippen LogP contribution is -2.58. The lowest BCUT2D eigenvalue weighted by atomic mass is 9.88. The summed E-state index contributed by atoms with van der Waals surface area (Å²) in [4.78, 5) is 0. The van der Waals surface area contributed by atoms with Crippen LogP contribution in [-0.4, -0.2) is 36.9 Å². The molecule has 0 aromatic heterocycles. The molecular formula is C13H26N2O. The highest BCUT2D eigenvalue weighted by Crippen LogP contribution is 2.26. The Morgan fingerprint density at radius 3 is 2.69 bits per heavy atom. The van der Waals surface area contributed by atoms with Crippen molar-refractivity contribution >= 4 is 0 Å². The normalized spacial score (nSPS) is 44.8. The largest absolute Gasteiger partial charge is 0.377 e. The van der Waals surface area contributed by atoms with Crippen molar-refractivity contribution < 1.29 is 4.74 Å². The first-order chi connectivity index (χ1) is 7.54. The molecule has 3 unspecified atom stereocenters. The molecule has 0 aromatic carbocycles. The summed E-state index contributed by atoms with van der Waals surface area (Å²) in [7, 11) is 0. The smallest absolute Gasteiger partial charge is 0.0726 e. The van der Waals surface area contributed by atoms with E-state index in [0.29, 0.717) is 6.10 Å². The van der Waals surface area contributed by atoms with Crippen LogP contribution in [0.5, 0.6) is 0 Å². The van der Waals surface area contributed by atoms with Gasteiger partial charge in [-0.1, -0.05) is 6.42 Å². The average molecular weight is 226 g/mol. The van der Waals surface area contributed by atoms with E-state index in [0.717, 1.165) is 19.6 Å². The van der Waals surface area contributed by atoms with Crippen LogP contribution >= 0.6 is 0 Å². The van der Waals surface area contributed by atoms with Crippen LogP contribution in [0, 0.1) is 0 Å². The third-order valence-corrected chi connectivity index (χ3v) is 4.48. The van der Waals surface area contributed by atoms with Crippen molar-refractivity contribution in [3.63, 3.8) is 0 Å². The van der Waals surface area contributed by atoms with Crippen molar-refractivity contribution in [3.05, 3.63) is 0 Å². The maximum absolute atomic E-state index is 5.66. The summed E-state index contributed by atoms with van der Waals surface area (Å²) in [6.07, 6.45) is 5.43. The summed E-state index contributed by atoms with van der Waals surface area (Å²) in [6, 6.07) is 0. The topological polar surface area (TPSA) is 33.3 Å². The molecule has 2 fully saturated rings. The predicted molar refractivity (Wildman–Crippen MR) is 66.7 cm³/mol. The van der Waals surface area contributed by atoms with E-state index in [2.05, 4.69) is 31.4 Å². The van der Waals surface area contributed by atoms with Crippen molar-refractivity contribution in [1.29, 1.82) is 0 Å². The van der Waals surface area contributed by atoms with Gasteiger partial charge in [0.05, 0.1) is 6.10 Å². The van der Waals surface area contributed by atoms with E-state index in [-0.39, 0.29) is 11.1 Å². The minimum absolute atomic E-state index is 0.169. The van der Waals surface area contributed by atoms with Gasteiger partial charge < -0.3 is 15.4 Å². The van der Waals surface area contributed by atoms with Gasteiger partial charge in [0.2, 0.25) is 0 Å². The van der Waals surface area contributed by atoms with Crippen molar-refractivity contribution in [2.75, 3.05) is 19.7 Å². The molecule has 0 aliphatic carbocycles. The zero-order chi connectivity index (χ0) is 11.6. The summed E-state index contributed by atoms with van der Waals surface area (Å²) >= 11 is 0. The molecule has 0 bridgehead atoms. The highest BCUT2D eigenvalue weighted by Gasteiger charge is 2.38. The van der Waals surface area contributed by atoms with E-state index in [1.807, 2.05) is 0 Å². The van der Waals surface area contributed by atoms with Gasteiger partial charge in [0, 0.05) is 24.2 Å². The summed E-state index contributed by atoms with van der Waals surface area (Å²) < 4.78 is 5.66. The van der Waals surface area contributed by atoms with Crippen molar-refractivity contribution in [3.8, 4) is 0 Å². The van der Waals surface area contributed by atoms with Gasteiger partial charge in [-0.2, -0.15) is 0 Å². The molecule has 3 heteroatoms. The highest BCUT2D eigenvalue weighted by molar-refractivity contribution is 4.97. The van der Waals surface area contributed by atoms with E-state index in [1.54, 1.807) is 0 Å². The van der Waals surface area contributed by atoms with Gasteiger partial charge in [0.15, 0.2) is 0 Å². The van der Waals surface area contributed by atoms with Gasteiger partial charge in [-0.3, -0.25) is 0 Å². The first-order valence-electron chi connectivity index (χ1n) is 6.66. The SMILES string of the molecule is CC1OCCC1(C)NCC1(C)CCCCN1. The molecule has 2 aliphatic heterocycles. The van der Waals surface area contributed by atoms with Crippen molar-refractivity contribution in [2.45, 2.75) is 63.6 Å². The second-order valence-corrected chi connectivity index (χ2v) is 5.98. The molecule has 2 heterocycles. The fourth-order valence-electron chi connectivity index (χ4n) is 2.73. The molecule has 0 saturated carbocycles. The fraction of sp³-hybridized carbons (Fsp3) is 1.00. The Kier molecular flexibility index (Phi) is 3.57. The molecule has 2 N–H and O–H groups in total. The van der Waals surface area contributed by atoms with Crippen LogP contribution in [0.2, 0.25) is 0 Å². The Hall–Kier alpha value is -0.120. The number of rotatable bonds is 3. The van der Waals surface area contributed by atoms with Crippen LogP contribution in [0.3, 0.4) is 0 Å². The summed E-state index contributed by atoms with van der Waals surface area (Å²) in [5.74, 6) is 0. The van der Waals surface area contributed by atoms with Crippen LogP contribution in [0.15, 0.2) is 0 Å². The van der Waals surface area contributed by atoms with Gasteiger partial charge in [-0.05, 0) is 46.6 Å². The van der Waals surface area contributed by atoms with Gasteiger partial charge in [-0.15, -0.1) is 0 Å². The first kappa shape index (κ1) is 12.3. The third kappa shape index (κ3) is 2.58. The molecule has 0 amide bonds. The fourth-order valence-corrected chi connectivity index (χ4v) is 2.73. The molecule has 94 valence electrons. The van der Waals surface area contributed by atoms with E-state index in [1.165, 1.54) is 25.8 Å².